The van der Waals surface area contributed by atoms with Gasteiger partial charge in [0.15, 0.2) is 0 Å². The minimum Gasteiger partial charge on any atom is -0.352 e. The van der Waals surface area contributed by atoms with Crippen molar-refractivity contribution in [2.75, 3.05) is 17.1 Å². The van der Waals surface area contributed by atoms with E-state index in [4.69, 9.17) is 0 Å². The minimum absolute atomic E-state index is 0.0260. The van der Waals surface area contributed by atoms with Gasteiger partial charge in [-0.05, 0) is 60.7 Å². The second kappa shape index (κ2) is 15.9. The molecular weight excluding hydrogens is 683 g/mol. The first-order valence-corrected chi connectivity index (χ1v) is 18.0. The van der Waals surface area contributed by atoms with E-state index in [9.17, 15) is 31.2 Å². The van der Waals surface area contributed by atoms with E-state index in [1.165, 1.54) is 6.07 Å². The molecule has 0 saturated heterocycles. The molecule has 2 amide bonds. The largest absolute Gasteiger partial charge is 0.416 e. The number of carbonyl (C=O) groups is 2. The Hall–Kier alpha value is -3.38. The average Bonchev–Trinajstić information content (AvgIpc) is 3.01. The molecule has 248 valence electrons. The standard InChI is InChI=1S/C34H39BrF3N3O4S/c1-46(44,45)41(30-18-9-14-27(23-30)34(36,37)38)20-10-19-32(42)40(24-26-13-8-15-28(35)21-26)31(22-25-11-4-2-5-12-25)33(43)39-29-16-6-3-7-17-29/h2,4-5,8-9,11-15,18,21,23,29,31H,3,6-7,10,16-17,19-20,22,24H2,1H3,(H,39,43)/t31-/m1/s1. The molecule has 3 aromatic carbocycles. The number of nitrogens with one attached hydrogen (secondary N) is 1. The highest BCUT2D eigenvalue weighted by molar-refractivity contribution is 9.10. The summed E-state index contributed by atoms with van der Waals surface area (Å²) < 4.78 is 67.1. The van der Waals surface area contributed by atoms with Crippen molar-refractivity contribution >= 4 is 43.5 Å². The molecule has 1 fully saturated rings. The molecule has 0 heterocycles. The molecule has 1 aliphatic carbocycles. The third-order valence-electron chi connectivity index (χ3n) is 8.08. The molecule has 0 spiro atoms. The molecule has 4 rings (SSSR count). The Bertz CT molecular complexity index is 1580. The van der Waals surface area contributed by atoms with E-state index in [2.05, 4.69) is 21.2 Å². The van der Waals surface area contributed by atoms with Gasteiger partial charge in [0, 0.05) is 36.4 Å². The molecule has 7 nitrogen and oxygen atoms in total. The van der Waals surface area contributed by atoms with Crippen LogP contribution < -0.4 is 9.62 Å². The molecule has 0 unspecified atom stereocenters. The van der Waals surface area contributed by atoms with E-state index in [1.54, 1.807) is 4.90 Å². The number of amides is 2. The maximum Gasteiger partial charge on any atom is 0.416 e. The lowest BCUT2D eigenvalue weighted by Crippen LogP contribution is -2.52. The number of carbonyl (C=O) groups excluding carboxylic acids is 2. The Labute approximate surface area is 277 Å². The summed E-state index contributed by atoms with van der Waals surface area (Å²) in [7, 11) is -3.97. The lowest BCUT2D eigenvalue weighted by Gasteiger charge is -2.34. The Morgan fingerprint density at radius 3 is 2.26 bits per heavy atom. The van der Waals surface area contributed by atoms with Crippen molar-refractivity contribution in [2.45, 2.75) is 76.2 Å². The van der Waals surface area contributed by atoms with Gasteiger partial charge in [-0.25, -0.2) is 8.42 Å². The summed E-state index contributed by atoms with van der Waals surface area (Å²) in [6.07, 6.45) is 1.38. The summed E-state index contributed by atoms with van der Waals surface area (Å²) in [5.41, 5.74) is 0.575. The fourth-order valence-electron chi connectivity index (χ4n) is 5.77. The van der Waals surface area contributed by atoms with Crippen LogP contribution in [0.1, 0.15) is 61.6 Å². The minimum atomic E-state index is -4.64. The Kier molecular flexibility index (Phi) is 12.3. The molecule has 1 atom stereocenters. The normalized spacial score (nSPS) is 14.8. The van der Waals surface area contributed by atoms with Crippen molar-refractivity contribution in [3.05, 3.63) is 100 Å². The number of hydrogen-bond acceptors (Lipinski definition) is 4. The van der Waals surface area contributed by atoms with Gasteiger partial charge in [-0.3, -0.25) is 13.9 Å². The predicted octanol–water partition coefficient (Wildman–Crippen LogP) is 7.10. The van der Waals surface area contributed by atoms with Crippen LogP contribution >= 0.6 is 15.9 Å². The van der Waals surface area contributed by atoms with Crippen molar-refractivity contribution in [2.24, 2.45) is 0 Å². The number of anilines is 1. The van der Waals surface area contributed by atoms with Crippen molar-refractivity contribution in [1.82, 2.24) is 10.2 Å². The molecule has 1 N–H and O–H groups in total. The third-order valence-corrected chi connectivity index (χ3v) is 9.77. The van der Waals surface area contributed by atoms with Gasteiger partial charge < -0.3 is 10.2 Å². The van der Waals surface area contributed by atoms with Gasteiger partial charge >= 0.3 is 6.18 Å². The van der Waals surface area contributed by atoms with E-state index in [0.717, 1.165) is 76.5 Å². The van der Waals surface area contributed by atoms with Gasteiger partial charge in [-0.2, -0.15) is 13.2 Å². The van der Waals surface area contributed by atoms with E-state index in [1.807, 2.05) is 54.6 Å². The fraction of sp³-hybridized carbons (Fsp3) is 0.412. The highest BCUT2D eigenvalue weighted by Crippen LogP contribution is 2.32. The third kappa shape index (κ3) is 10.3. The van der Waals surface area contributed by atoms with Gasteiger partial charge in [0.2, 0.25) is 21.8 Å². The highest BCUT2D eigenvalue weighted by Gasteiger charge is 2.33. The zero-order chi connectivity index (χ0) is 33.3. The number of alkyl halides is 3. The predicted molar refractivity (Wildman–Crippen MR) is 177 cm³/mol. The van der Waals surface area contributed by atoms with E-state index >= 15 is 0 Å². The van der Waals surface area contributed by atoms with Crippen molar-refractivity contribution in [3.8, 4) is 0 Å². The van der Waals surface area contributed by atoms with Crippen molar-refractivity contribution < 1.29 is 31.2 Å². The lowest BCUT2D eigenvalue weighted by molar-refractivity contribution is -0.141. The number of halogens is 4. The van der Waals surface area contributed by atoms with Crippen LogP contribution in [0.3, 0.4) is 0 Å². The first kappa shape index (κ1) is 35.5. The van der Waals surface area contributed by atoms with Crippen LogP contribution in [0, 0.1) is 0 Å². The van der Waals surface area contributed by atoms with Crippen LogP contribution in [0.4, 0.5) is 18.9 Å². The zero-order valence-electron chi connectivity index (χ0n) is 25.7. The monoisotopic (exact) mass is 721 g/mol. The maximum atomic E-state index is 14.0. The molecule has 46 heavy (non-hydrogen) atoms. The molecule has 12 heteroatoms. The molecule has 3 aromatic rings. The second-order valence-electron chi connectivity index (χ2n) is 11.7. The number of rotatable bonds is 13. The first-order chi connectivity index (χ1) is 21.8. The fourth-order valence-corrected chi connectivity index (χ4v) is 7.18. The van der Waals surface area contributed by atoms with Gasteiger partial charge in [-0.15, -0.1) is 0 Å². The molecule has 0 aliphatic heterocycles. The van der Waals surface area contributed by atoms with Crippen LogP contribution in [0.2, 0.25) is 0 Å². The number of benzene rings is 3. The highest BCUT2D eigenvalue weighted by atomic mass is 79.9. The SMILES string of the molecule is CS(=O)(=O)N(CCCC(=O)N(Cc1cccc(Br)c1)[C@H](Cc1ccccc1)C(=O)NC1CCCCC1)c1cccc(C(F)(F)F)c1. The second-order valence-corrected chi connectivity index (χ2v) is 14.5. The quantitative estimate of drug-likeness (QED) is 0.204. The van der Waals surface area contributed by atoms with Gasteiger partial charge in [-0.1, -0.05) is 83.7 Å². The first-order valence-electron chi connectivity index (χ1n) is 15.3. The summed E-state index contributed by atoms with van der Waals surface area (Å²) in [5.74, 6) is -0.613. The van der Waals surface area contributed by atoms with Gasteiger partial charge in [0.1, 0.15) is 6.04 Å². The van der Waals surface area contributed by atoms with E-state index in [0.29, 0.717) is 0 Å². The maximum absolute atomic E-state index is 14.0. The summed E-state index contributed by atoms with van der Waals surface area (Å²) >= 11 is 3.47. The van der Waals surface area contributed by atoms with Crippen LogP contribution in [-0.2, 0) is 38.8 Å². The molecule has 0 radical (unpaired) electrons. The summed E-state index contributed by atoms with van der Waals surface area (Å²) in [4.78, 5) is 29.5. The van der Waals surface area contributed by atoms with Crippen LogP contribution in [0.25, 0.3) is 0 Å². The topological polar surface area (TPSA) is 86.8 Å². The van der Waals surface area contributed by atoms with Crippen molar-refractivity contribution in [1.29, 1.82) is 0 Å². The molecule has 1 aliphatic rings. The summed E-state index contributed by atoms with van der Waals surface area (Å²) in [6, 6.07) is 20.2. The van der Waals surface area contributed by atoms with E-state index in [-0.39, 0.29) is 55.9 Å². The average molecular weight is 723 g/mol. The van der Waals surface area contributed by atoms with E-state index < -0.39 is 27.8 Å². The van der Waals surface area contributed by atoms with Gasteiger partial charge in [0.05, 0.1) is 17.5 Å². The molecule has 0 aromatic heterocycles. The molecular formula is C34H39BrF3N3O4S. The molecule has 0 bridgehead atoms. The van der Waals surface area contributed by atoms with Crippen molar-refractivity contribution in [3.63, 3.8) is 0 Å². The summed E-state index contributed by atoms with van der Waals surface area (Å²) in [5, 5.41) is 3.18. The smallest absolute Gasteiger partial charge is 0.352 e. The molecule has 1 saturated carbocycles. The Morgan fingerprint density at radius 2 is 1.61 bits per heavy atom. The van der Waals surface area contributed by atoms with Crippen LogP contribution in [-0.4, -0.2) is 50.0 Å². The lowest BCUT2D eigenvalue weighted by atomic mass is 9.94. The Morgan fingerprint density at radius 1 is 0.935 bits per heavy atom. The van der Waals surface area contributed by atoms with Gasteiger partial charge in [0.25, 0.3) is 0 Å². The number of sulfonamides is 1. The van der Waals surface area contributed by atoms with Crippen LogP contribution in [0.15, 0.2) is 83.3 Å². The summed E-state index contributed by atoms with van der Waals surface area (Å²) in [6.45, 7) is -0.0779. The Balaban J connectivity index is 1.60. The van der Waals surface area contributed by atoms with Crippen LogP contribution in [0.5, 0.6) is 0 Å². The number of nitrogens with zero attached hydrogens (tertiary/aromatic N) is 2. The number of hydrogen-bond donors (Lipinski definition) is 1. The zero-order valence-corrected chi connectivity index (χ0v) is 28.1.